The molecule has 1 aromatic carbocycles. The van der Waals surface area contributed by atoms with Gasteiger partial charge >= 0.3 is 7.12 Å². The van der Waals surface area contributed by atoms with Crippen LogP contribution in [-0.2, 0) is 0 Å². The first-order chi connectivity index (χ1) is 5.11. The fourth-order valence-electron chi connectivity index (χ4n) is 0.729. The standard InChI is InChI=1S/C6H6BIO3/c8-6-2-1-4(9)3-5(6)7(10)11/h1-3,9-11H. The van der Waals surface area contributed by atoms with Gasteiger partial charge in [0.15, 0.2) is 0 Å². The topological polar surface area (TPSA) is 60.7 Å². The quantitative estimate of drug-likeness (QED) is 0.481. The second-order valence-corrected chi connectivity index (χ2v) is 3.24. The van der Waals surface area contributed by atoms with Gasteiger partial charge in [0, 0.05) is 3.57 Å². The molecule has 0 saturated heterocycles. The van der Waals surface area contributed by atoms with Crippen molar-refractivity contribution in [1.82, 2.24) is 0 Å². The van der Waals surface area contributed by atoms with Gasteiger partial charge in [-0.25, -0.2) is 0 Å². The minimum atomic E-state index is -1.52. The Morgan fingerprint density at radius 3 is 2.36 bits per heavy atom. The Kier molecular flexibility index (Phi) is 2.75. The third-order valence-electron chi connectivity index (χ3n) is 1.26. The Bertz CT molecular complexity index is 264. The smallest absolute Gasteiger partial charge is 0.489 e. The molecule has 0 atom stereocenters. The van der Waals surface area contributed by atoms with Crippen LogP contribution >= 0.6 is 22.6 Å². The number of hydrogen-bond donors (Lipinski definition) is 3. The first-order valence-corrected chi connectivity index (χ1v) is 4.03. The monoisotopic (exact) mass is 264 g/mol. The van der Waals surface area contributed by atoms with Gasteiger partial charge in [-0.05, 0) is 46.3 Å². The molecule has 11 heavy (non-hydrogen) atoms. The molecule has 1 rings (SSSR count). The van der Waals surface area contributed by atoms with E-state index in [1.54, 1.807) is 6.07 Å². The van der Waals surface area contributed by atoms with E-state index < -0.39 is 7.12 Å². The number of benzene rings is 1. The third kappa shape index (κ3) is 2.08. The maximum absolute atomic E-state index is 8.96. The number of halogens is 1. The van der Waals surface area contributed by atoms with Crippen molar-refractivity contribution >= 4 is 35.2 Å². The molecule has 0 unspecified atom stereocenters. The summed E-state index contributed by atoms with van der Waals surface area (Å²) in [6.07, 6.45) is 0. The number of phenols is 1. The van der Waals surface area contributed by atoms with E-state index in [2.05, 4.69) is 0 Å². The summed E-state index contributed by atoms with van der Waals surface area (Å²) in [6.45, 7) is 0. The first-order valence-electron chi connectivity index (χ1n) is 2.96. The van der Waals surface area contributed by atoms with Gasteiger partial charge in [0.1, 0.15) is 5.75 Å². The molecule has 0 radical (unpaired) electrons. The first kappa shape index (κ1) is 8.83. The zero-order valence-corrected chi connectivity index (χ0v) is 7.69. The summed E-state index contributed by atoms with van der Waals surface area (Å²) in [5.41, 5.74) is 0.325. The molecule has 0 heterocycles. The number of aromatic hydroxyl groups is 1. The highest BCUT2D eigenvalue weighted by Gasteiger charge is 2.14. The van der Waals surface area contributed by atoms with E-state index in [9.17, 15) is 0 Å². The molecule has 5 heteroatoms. The van der Waals surface area contributed by atoms with Crippen molar-refractivity contribution < 1.29 is 15.2 Å². The van der Waals surface area contributed by atoms with E-state index in [0.717, 1.165) is 3.57 Å². The van der Waals surface area contributed by atoms with Crippen LogP contribution in [0.3, 0.4) is 0 Å². The van der Waals surface area contributed by atoms with E-state index in [1.807, 2.05) is 22.6 Å². The number of phenolic OH excluding ortho intramolecular Hbond substituents is 1. The van der Waals surface area contributed by atoms with Crippen LogP contribution in [0.4, 0.5) is 0 Å². The number of rotatable bonds is 1. The molecular formula is C6H6BIO3. The molecule has 0 fully saturated rings. The van der Waals surface area contributed by atoms with Crippen LogP contribution in [0, 0.1) is 3.57 Å². The lowest BCUT2D eigenvalue weighted by Crippen LogP contribution is -2.31. The summed E-state index contributed by atoms with van der Waals surface area (Å²) < 4.78 is 0.718. The van der Waals surface area contributed by atoms with Crippen molar-refractivity contribution in [1.29, 1.82) is 0 Å². The molecule has 0 aliphatic carbocycles. The van der Waals surface area contributed by atoms with Gasteiger partial charge in [0.25, 0.3) is 0 Å². The predicted octanol–water partition coefficient (Wildman–Crippen LogP) is -0.323. The van der Waals surface area contributed by atoms with E-state index in [-0.39, 0.29) is 5.75 Å². The van der Waals surface area contributed by atoms with Gasteiger partial charge in [0.05, 0.1) is 0 Å². The van der Waals surface area contributed by atoms with Crippen LogP contribution in [0.2, 0.25) is 0 Å². The van der Waals surface area contributed by atoms with E-state index in [0.29, 0.717) is 5.46 Å². The van der Waals surface area contributed by atoms with Crippen LogP contribution in [0.1, 0.15) is 0 Å². The molecular weight excluding hydrogens is 258 g/mol. The molecule has 1 aromatic rings. The molecule has 3 N–H and O–H groups in total. The fraction of sp³-hybridized carbons (Fsp3) is 0. The van der Waals surface area contributed by atoms with Crippen molar-refractivity contribution in [3.63, 3.8) is 0 Å². The Balaban J connectivity index is 3.13. The van der Waals surface area contributed by atoms with Gasteiger partial charge in [-0.3, -0.25) is 0 Å². The van der Waals surface area contributed by atoms with Crippen LogP contribution in [0.25, 0.3) is 0 Å². The highest BCUT2D eigenvalue weighted by molar-refractivity contribution is 14.1. The summed E-state index contributed by atoms with van der Waals surface area (Å²) >= 11 is 1.96. The van der Waals surface area contributed by atoms with Gasteiger partial charge in [-0.15, -0.1) is 0 Å². The van der Waals surface area contributed by atoms with E-state index >= 15 is 0 Å². The molecule has 0 amide bonds. The SMILES string of the molecule is OB(O)c1cc(O)ccc1I. The lowest BCUT2D eigenvalue weighted by Gasteiger charge is -2.02. The second kappa shape index (κ2) is 3.42. The second-order valence-electron chi connectivity index (χ2n) is 2.08. The van der Waals surface area contributed by atoms with Crippen LogP contribution in [-0.4, -0.2) is 22.3 Å². The normalized spacial score (nSPS) is 9.73. The Hall–Kier alpha value is -0.265. The van der Waals surface area contributed by atoms with Crippen molar-refractivity contribution in [3.05, 3.63) is 21.8 Å². The van der Waals surface area contributed by atoms with Crippen molar-refractivity contribution in [3.8, 4) is 5.75 Å². The largest absolute Gasteiger partial charge is 0.508 e. The van der Waals surface area contributed by atoms with Crippen LogP contribution in [0.15, 0.2) is 18.2 Å². The third-order valence-corrected chi connectivity index (χ3v) is 2.24. The van der Waals surface area contributed by atoms with E-state index in [4.69, 9.17) is 15.2 Å². The summed E-state index contributed by atoms with van der Waals surface area (Å²) in [7, 11) is -1.52. The molecule has 0 saturated carbocycles. The zero-order valence-electron chi connectivity index (χ0n) is 5.53. The van der Waals surface area contributed by atoms with Crippen molar-refractivity contribution in [2.45, 2.75) is 0 Å². The Labute approximate surface area is 78.0 Å². The molecule has 0 spiro atoms. The lowest BCUT2D eigenvalue weighted by molar-refractivity contribution is 0.424. The molecule has 0 aliphatic heterocycles. The molecule has 3 nitrogen and oxygen atoms in total. The maximum Gasteiger partial charge on any atom is 0.489 e. The molecule has 58 valence electrons. The highest BCUT2D eigenvalue weighted by atomic mass is 127. The molecule has 0 aliphatic rings. The average molecular weight is 264 g/mol. The highest BCUT2D eigenvalue weighted by Crippen LogP contribution is 2.09. The maximum atomic E-state index is 8.96. The van der Waals surface area contributed by atoms with Crippen LogP contribution < -0.4 is 5.46 Å². The van der Waals surface area contributed by atoms with Crippen molar-refractivity contribution in [2.24, 2.45) is 0 Å². The average Bonchev–Trinajstić information content (AvgIpc) is 1.94. The number of hydrogen-bond acceptors (Lipinski definition) is 3. The fourth-order valence-corrected chi connectivity index (χ4v) is 1.34. The summed E-state index contributed by atoms with van der Waals surface area (Å²) in [6, 6.07) is 4.44. The summed E-state index contributed by atoms with van der Waals surface area (Å²) in [5, 5.41) is 26.5. The zero-order chi connectivity index (χ0) is 8.43. The van der Waals surface area contributed by atoms with E-state index in [1.165, 1.54) is 12.1 Å². The predicted molar refractivity (Wildman–Crippen MR) is 50.6 cm³/mol. The minimum Gasteiger partial charge on any atom is -0.508 e. The van der Waals surface area contributed by atoms with Crippen LogP contribution in [0.5, 0.6) is 5.75 Å². The molecule has 0 aromatic heterocycles. The van der Waals surface area contributed by atoms with Gasteiger partial charge < -0.3 is 15.2 Å². The minimum absolute atomic E-state index is 0.0357. The Morgan fingerprint density at radius 2 is 1.91 bits per heavy atom. The summed E-state index contributed by atoms with van der Waals surface area (Å²) in [4.78, 5) is 0. The van der Waals surface area contributed by atoms with Gasteiger partial charge in [-0.2, -0.15) is 0 Å². The Morgan fingerprint density at radius 1 is 1.27 bits per heavy atom. The summed E-state index contributed by atoms with van der Waals surface area (Å²) in [5.74, 6) is 0.0357. The van der Waals surface area contributed by atoms with Gasteiger partial charge in [-0.1, -0.05) is 0 Å². The lowest BCUT2D eigenvalue weighted by atomic mass is 9.80. The van der Waals surface area contributed by atoms with Gasteiger partial charge in [0.2, 0.25) is 0 Å². The molecule has 0 bridgehead atoms. The van der Waals surface area contributed by atoms with Crippen molar-refractivity contribution in [2.75, 3.05) is 0 Å².